The molecule has 3 fully saturated rings. The average Bonchev–Trinajstić information content (AvgIpc) is 3.48. The lowest BCUT2D eigenvalue weighted by Gasteiger charge is -2.31. The van der Waals surface area contributed by atoms with Crippen molar-refractivity contribution >= 4 is 27.8 Å². The summed E-state index contributed by atoms with van der Waals surface area (Å²) < 4.78 is 23.7. The van der Waals surface area contributed by atoms with Gasteiger partial charge in [-0.3, -0.25) is 9.11 Å². The van der Waals surface area contributed by atoms with Gasteiger partial charge in [-0.15, -0.1) is 10.2 Å². The highest BCUT2D eigenvalue weighted by Crippen LogP contribution is 2.38. The summed E-state index contributed by atoms with van der Waals surface area (Å²) in [5.74, 6) is 1.07. The lowest BCUT2D eigenvalue weighted by Crippen LogP contribution is -2.35. The monoisotopic (exact) mass is 528 g/mol. The molecule has 1 saturated carbocycles. The van der Waals surface area contributed by atoms with Crippen LogP contribution in [-0.4, -0.2) is 70.1 Å². The molecule has 194 valence electrons. The molecule has 2 saturated heterocycles. The fraction of sp³-hybridized carbons (Fsp3) is 0.630. The fourth-order valence-electron chi connectivity index (χ4n) is 5.55. The van der Waals surface area contributed by atoms with Crippen LogP contribution in [0.1, 0.15) is 60.0 Å². The van der Waals surface area contributed by atoms with E-state index in [9.17, 15) is 4.21 Å². The lowest BCUT2D eigenvalue weighted by atomic mass is 9.80. The summed E-state index contributed by atoms with van der Waals surface area (Å²) in [4.78, 5) is 3.36. The molecule has 3 unspecified atom stereocenters. The van der Waals surface area contributed by atoms with Crippen molar-refractivity contribution < 1.29 is 13.7 Å². The van der Waals surface area contributed by atoms with Crippen molar-refractivity contribution in [3.63, 3.8) is 0 Å². The van der Waals surface area contributed by atoms with Gasteiger partial charge in [0.15, 0.2) is 5.01 Å². The summed E-state index contributed by atoms with van der Waals surface area (Å²) in [6.45, 7) is 6.10. The Morgan fingerprint density at radius 3 is 2.53 bits per heavy atom. The third-order valence-electron chi connectivity index (χ3n) is 7.86. The van der Waals surface area contributed by atoms with Gasteiger partial charge in [-0.2, -0.15) is 0 Å². The van der Waals surface area contributed by atoms with E-state index in [1.807, 2.05) is 0 Å². The molecule has 3 aliphatic heterocycles. The van der Waals surface area contributed by atoms with Crippen molar-refractivity contribution in [2.45, 2.75) is 67.2 Å². The van der Waals surface area contributed by atoms with Crippen LogP contribution in [0, 0.1) is 5.92 Å². The first-order valence-corrected chi connectivity index (χ1v) is 15.4. The van der Waals surface area contributed by atoms with Crippen molar-refractivity contribution in [1.82, 2.24) is 20.4 Å². The summed E-state index contributed by atoms with van der Waals surface area (Å²) in [6, 6.07) is 8.99. The second kappa shape index (κ2) is 11.4. The van der Waals surface area contributed by atoms with E-state index >= 15 is 0 Å². The Morgan fingerprint density at radius 2 is 1.78 bits per heavy atom. The van der Waals surface area contributed by atoms with E-state index in [4.69, 9.17) is 9.47 Å². The first kappa shape index (κ1) is 24.7. The van der Waals surface area contributed by atoms with E-state index in [2.05, 4.69) is 50.8 Å². The lowest BCUT2D eigenvalue weighted by molar-refractivity contribution is 0.0341. The quantitative estimate of drug-likeness (QED) is 0.528. The maximum atomic E-state index is 12.6. The van der Waals surface area contributed by atoms with Crippen molar-refractivity contribution in [2.24, 2.45) is 5.92 Å². The zero-order chi connectivity index (χ0) is 24.3. The zero-order valence-electron chi connectivity index (χ0n) is 20.8. The van der Waals surface area contributed by atoms with Crippen LogP contribution < -0.4 is 5.32 Å². The van der Waals surface area contributed by atoms with Gasteiger partial charge in [0.2, 0.25) is 0 Å². The Hall–Kier alpha value is -1.65. The van der Waals surface area contributed by atoms with E-state index in [0.717, 1.165) is 105 Å². The van der Waals surface area contributed by atoms with Gasteiger partial charge in [0.1, 0.15) is 5.01 Å². The van der Waals surface area contributed by atoms with E-state index < -0.39 is 10.8 Å². The highest BCUT2D eigenvalue weighted by Gasteiger charge is 2.32. The molecule has 2 aromatic rings. The van der Waals surface area contributed by atoms with Gasteiger partial charge >= 0.3 is 0 Å². The van der Waals surface area contributed by atoms with Crippen LogP contribution in [0.15, 0.2) is 35.2 Å². The Balaban J connectivity index is 1.14. The number of ether oxygens (including phenoxy) is 2. The third-order valence-corrected chi connectivity index (χ3v) is 10.6. The molecule has 4 heterocycles. The van der Waals surface area contributed by atoms with Gasteiger partial charge in [0, 0.05) is 48.4 Å². The van der Waals surface area contributed by atoms with Gasteiger partial charge in [-0.05, 0) is 62.1 Å². The van der Waals surface area contributed by atoms with Gasteiger partial charge in [-0.1, -0.05) is 29.5 Å². The van der Waals surface area contributed by atoms with Crippen LogP contribution in [-0.2, 0) is 26.8 Å². The topological polar surface area (TPSA) is 76.6 Å². The first-order chi connectivity index (χ1) is 17.7. The van der Waals surface area contributed by atoms with Crippen molar-refractivity contribution in [2.75, 3.05) is 39.5 Å². The number of benzene rings is 1. The Kier molecular flexibility index (Phi) is 7.81. The Bertz CT molecular complexity index is 1070. The number of nitrogens with one attached hydrogen (secondary N) is 1. The zero-order valence-corrected chi connectivity index (χ0v) is 22.4. The molecule has 0 bridgehead atoms. The number of morpholine rings is 1. The summed E-state index contributed by atoms with van der Waals surface area (Å²) in [7, 11) is -0.852. The normalized spacial score (nSPS) is 25.3. The molecule has 6 rings (SSSR count). The fourth-order valence-corrected chi connectivity index (χ4v) is 7.79. The van der Waals surface area contributed by atoms with E-state index in [1.165, 1.54) is 5.56 Å². The average molecular weight is 529 g/mol. The molecule has 0 amide bonds. The maximum absolute atomic E-state index is 12.6. The molecule has 1 aliphatic carbocycles. The summed E-state index contributed by atoms with van der Waals surface area (Å²) >= 11 is 1.70. The Morgan fingerprint density at radius 1 is 1.03 bits per heavy atom. The molecule has 1 aromatic heterocycles. The second-order valence-electron chi connectivity index (χ2n) is 10.5. The predicted molar refractivity (Wildman–Crippen MR) is 142 cm³/mol. The van der Waals surface area contributed by atoms with Gasteiger partial charge in [-0.25, -0.2) is 0 Å². The van der Waals surface area contributed by atoms with Crippen LogP contribution in [0.5, 0.6) is 0 Å². The van der Waals surface area contributed by atoms with E-state index in [-0.39, 0.29) is 0 Å². The van der Waals surface area contributed by atoms with Crippen LogP contribution in [0.3, 0.4) is 0 Å². The van der Waals surface area contributed by atoms with Crippen molar-refractivity contribution in [3.05, 3.63) is 45.9 Å². The highest BCUT2D eigenvalue weighted by atomic mass is 32.2. The standard InChI is InChI=1S/C27H36N4O3S2/c32-36(22-5-6-22)21-3-1-20(2-4-21)23(17-19-9-13-33-14-10-19)24-7-8-25(28-24)27-30-29-26(35-27)18-31-11-15-34-16-12-31/h1-4,8,19,22-24,28H,5-7,9-18H2. The molecule has 36 heavy (non-hydrogen) atoms. The number of rotatable bonds is 9. The number of aromatic nitrogens is 2. The predicted octanol–water partition coefficient (Wildman–Crippen LogP) is 3.94. The molecule has 1 N–H and O–H groups in total. The minimum Gasteiger partial charge on any atom is -0.381 e. The largest absolute Gasteiger partial charge is 0.381 e. The highest BCUT2D eigenvalue weighted by molar-refractivity contribution is 7.86. The molecular formula is C27H36N4O3S2. The first-order valence-electron chi connectivity index (χ1n) is 13.4. The van der Waals surface area contributed by atoms with Crippen LogP contribution in [0.4, 0.5) is 0 Å². The molecule has 4 aliphatic rings. The maximum Gasteiger partial charge on any atom is 0.163 e. The van der Waals surface area contributed by atoms with Gasteiger partial charge < -0.3 is 14.8 Å². The minimum absolute atomic E-state index is 0.328. The number of hydrogen-bond acceptors (Lipinski definition) is 8. The Labute approximate surface area is 220 Å². The van der Waals surface area contributed by atoms with Crippen molar-refractivity contribution in [1.29, 1.82) is 0 Å². The summed E-state index contributed by atoms with van der Waals surface area (Å²) in [5.41, 5.74) is 2.46. The number of hydrogen-bond donors (Lipinski definition) is 1. The van der Waals surface area contributed by atoms with Crippen molar-refractivity contribution in [3.8, 4) is 0 Å². The molecule has 3 atom stereocenters. The molecule has 0 radical (unpaired) electrons. The van der Waals surface area contributed by atoms with Gasteiger partial charge in [0.05, 0.1) is 36.3 Å². The summed E-state index contributed by atoms with van der Waals surface area (Å²) in [5, 5.41) is 15.3. The smallest absolute Gasteiger partial charge is 0.163 e. The summed E-state index contributed by atoms with van der Waals surface area (Å²) in [6.07, 6.45) is 8.89. The van der Waals surface area contributed by atoms with Crippen LogP contribution >= 0.6 is 11.3 Å². The minimum atomic E-state index is -0.852. The molecule has 0 spiro atoms. The van der Waals surface area contributed by atoms with Crippen LogP contribution in [0.2, 0.25) is 0 Å². The SMILES string of the molecule is O=S(c1ccc(C(CC2CCOCC2)C2CC=C(c3nnc(CN4CCOCC4)s3)N2)cc1)C1CC1. The third kappa shape index (κ3) is 5.91. The second-order valence-corrected chi connectivity index (χ2v) is 13.3. The van der Waals surface area contributed by atoms with E-state index in [1.54, 1.807) is 11.3 Å². The molecular weight excluding hydrogens is 492 g/mol. The molecule has 9 heteroatoms. The number of nitrogens with zero attached hydrogens (tertiary/aromatic N) is 3. The molecule has 1 aromatic carbocycles. The van der Waals surface area contributed by atoms with Crippen LogP contribution in [0.25, 0.3) is 5.70 Å². The molecule has 7 nitrogen and oxygen atoms in total. The van der Waals surface area contributed by atoms with E-state index in [0.29, 0.717) is 23.1 Å². The van der Waals surface area contributed by atoms with Gasteiger partial charge in [0.25, 0.3) is 0 Å².